The molecule has 0 unspecified atom stereocenters. The highest BCUT2D eigenvalue weighted by atomic mass is 32.2. The molecule has 2 aromatic heterocycles. The van der Waals surface area contributed by atoms with Crippen LogP contribution in [0.25, 0.3) is 22.5 Å². The molecule has 0 bridgehead atoms. The summed E-state index contributed by atoms with van der Waals surface area (Å²) in [6.45, 7) is 3.94. The molecule has 0 saturated heterocycles. The van der Waals surface area contributed by atoms with Gasteiger partial charge in [0.2, 0.25) is 5.03 Å². The van der Waals surface area contributed by atoms with Crippen molar-refractivity contribution in [2.75, 3.05) is 5.73 Å². The number of nitrogens with two attached hydrogens (primary N) is 1. The standard InChI is InChI=1S/C24H21N5O3S/c1-15-3-7-17(8-4-15)20-12-11-19(21(28-20)18-9-5-16(2)6-10-18)23(30)29-33(31,32)24-22(25)26-13-14-27-24/h3-14H,1-2H3,(H2,25,26)(H,29,30). The third-order valence-electron chi connectivity index (χ3n) is 4.99. The minimum atomic E-state index is -4.34. The number of nitrogens with zero attached hydrogens (tertiary/aromatic N) is 3. The van der Waals surface area contributed by atoms with Gasteiger partial charge in [-0.05, 0) is 26.0 Å². The minimum absolute atomic E-state index is 0.0979. The maximum Gasteiger partial charge on any atom is 0.285 e. The van der Waals surface area contributed by atoms with Crippen molar-refractivity contribution < 1.29 is 13.2 Å². The number of hydrogen-bond donors (Lipinski definition) is 2. The molecule has 0 spiro atoms. The number of nitrogens with one attached hydrogen (secondary N) is 1. The Morgan fingerprint density at radius 2 is 1.39 bits per heavy atom. The van der Waals surface area contributed by atoms with Crippen LogP contribution in [0.3, 0.4) is 0 Å². The monoisotopic (exact) mass is 459 g/mol. The van der Waals surface area contributed by atoms with E-state index >= 15 is 0 Å². The predicted octanol–water partition coefficient (Wildman–Crippen LogP) is 3.52. The van der Waals surface area contributed by atoms with Crippen molar-refractivity contribution in [1.29, 1.82) is 0 Å². The fraction of sp³-hybridized carbons (Fsp3) is 0.0833. The van der Waals surface area contributed by atoms with Crippen molar-refractivity contribution in [2.45, 2.75) is 18.9 Å². The maximum atomic E-state index is 13.1. The molecule has 3 N–H and O–H groups in total. The first-order valence-electron chi connectivity index (χ1n) is 10.0. The van der Waals surface area contributed by atoms with Gasteiger partial charge in [-0.25, -0.2) is 19.7 Å². The van der Waals surface area contributed by atoms with Gasteiger partial charge in [-0.2, -0.15) is 8.42 Å². The van der Waals surface area contributed by atoms with Crippen LogP contribution < -0.4 is 10.5 Å². The predicted molar refractivity (Wildman–Crippen MR) is 126 cm³/mol. The Morgan fingerprint density at radius 1 is 0.818 bits per heavy atom. The van der Waals surface area contributed by atoms with Crippen LogP contribution in [-0.4, -0.2) is 29.3 Å². The largest absolute Gasteiger partial charge is 0.381 e. The average Bonchev–Trinajstić information content (AvgIpc) is 2.79. The normalized spacial score (nSPS) is 11.2. The lowest BCUT2D eigenvalue weighted by Crippen LogP contribution is -2.32. The number of pyridine rings is 1. The second kappa shape index (κ2) is 8.79. The molecule has 2 heterocycles. The van der Waals surface area contributed by atoms with Crippen LogP contribution in [0.1, 0.15) is 21.5 Å². The topological polar surface area (TPSA) is 128 Å². The zero-order valence-electron chi connectivity index (χ0n) is 18.0. The van der Waals surface area contributed by atoms with Crippen molar-refractivity contribution in [3.8, 4) is 22.5 Å². The number of benzene rings is 2. The Balaban J connectivity index is 1.78. The molecule has 0 atom stereocenters. The van der Waals surface area contributed by atoms with E-state index in [2.05, 4.69) is 9.97 Å². The molecule has 0 aliphatic rings. The number of carbonyl (C=O) groups excluding carboxylic acids is 1. The molecule has 9 heteroatoms. The summed E-state index contributed by atoms with van der Waals surface area (Å²) < 4.78 is 27.5. The molecule has 2 aromatic carbocycles. The molecular formula is C24H21N5O3S. The minimum Gasteiger partial charge on any atom is -0.381 e. The lowest BCUT2D eigenvalue weighted by Gasteiger charge is -2.13. The van der Waals surface area contributed by atoms with Gasteiger partial charge in [0.1, 0.15) is 0 Å². The Hall–Kier alpha value is -4.11. The first-order chi connectivity index (χ1) is 15.7. The lowest BCUT2D eigenvalue weighted by atomic mass is 10.0. The van der Waals surface area contributed by atoms with Crippen LogP contribution in [0, 0.1) is 13.8 Å². The summed E-state index contributed by atoms with van der Waals surface area (Å²) in [6, 6.07) is 18.5. The van der Waals surface area contributed by atoms with E-state index in [1.807, 2.05) is 67.1 Å². The van der Waals surface area contributed by atoms with Crippen LogP contribution in [-0.2, 0) is 10.0 Å². The fourth-order valence-electron chi connectivity index (χ4n) is 3.23. The van der Waals surface area contributed by atoms with E-state index < -0.39 is 21.0 Å². The van der Waals surface area contributed by atoms with Gasteiger partial charge in [0.15, 0.2) is 5.82 Å². The van der Waals surface area contributed by atoms with Gasteiger partial charge in [-0.15, -0.1) is 0 Å². The van der Waals surface area contributed by atoms with Crippen molar-refractivity contribution >= 4 is 21.7 Å². The van der Waals surface area contributed by atoms with Gasteiger partial charge < -0.3 is 5.73 Å². The van der Waals surface area contributed by atoms with Crippen molar-refractivity contribution in [1.82, 2.24) is 19.7 Å². The zero-order valence-corrected chi connectivity index (χ0v) is 18.8. The quantitative estimate of drug-likeness (QED) is 0.467. The molecule has 0 aliphatic heterocycles. The van der Waals surface area contributed by atoms with E-state index in [-0.39, 0.29) is 11.4 Å². The smallest absolute Gasteiger partial charge is 0.285 e. The number of sulfonamides is 1. The number of carbonyl (C=O) groups is 1. The Kier molecular flexibility index (Phi) is 5.89. The van der Waals surface area contributed by atoms with Crippen LogP contribution >= 0.6 is 0 Å². The number of aromatic nitrogens is 3. The number of rotatable bonds is 5. The van der Waals surface area contributed by atoms with Crippen LogP contribution in [0.15, 0.2) is 78.1 Å². The van der Waals surface area contributed by atoms with Gasteiger partial charge in [0.25, 0.3) is 15.9 Å². The number of aryl methyl sites for hydroxylation is 2. The number of anilines is 1. The van der Waals surface area contributed by atoms with Crippen LogP contribution in [0.4, 0.5) is 5.82 Å². The number of amides is 1. The second-order valence-corrected chi connectivity index (χ2v) is 9.10. The van der Waals surface area contributed by atoms with Crippen LogP contribution in [0.2, 0.25) is 0 Å². The molecule has 4 rings (SSSR count). The number of hydrogen-bond acceptors (Lipinski definition) is 7. The van der Waals surface area contributed by atoms with Crippen molar-refractivity contribution in [3.63, 3.8) is 0 Å². The van der Waals surface area contributed by atoms with E-state index in [4.69, 9.17) is 10.7 Å². The summed E-state index contributed by atoms with van der Waals surface area (Å²) in [7, 11) is -4.34. The summed E-state index contributed by atoms with van der Waals surface area (Å²) >= 11 is 0. The number of nitrogen functional groups attached to an aromatic ring is 1. The van der Waals surface area contributed by atoms with E-state index in [1.165, 1.54) is 12.4 Å². The van der Waals surface area contributed by atoms with Crippen LogP contribution in [0.5, 0.6) is 0 Å². The van der Waals surface area contributed by atoms with E-state index in [0.29, 0.717) is 17.0 Å². The van der Waals surface area contributed by atoms with E-state index in [1.54, 1.807) is 12.1 Å². The fourth-order valence-corrected chi connectivity index (χ4v) is 4.21. The van der Waals surface area contributed by atoms with E-state index in [0.717, 1.165) is 16.7 Å². The average molecular weight is 460 g/mol. The summed E-state index contributed by atoms with van der Waals surface area (Å²) in [6.07, 6.45) is 2.45. The molecule has 166 valence electrons. The molecule has 0 saturated carbocycles. The summed E-state index contributed by atoms with van der Waals surface area (Å²) in [4.78, 5) is 25.2. The Bertz CT molecular complexity index is 1430. The molecule has 0 aliphatic carbocycles. The molecule has 1 amide bonds. The maximum absolute atomic E-state index is 13.1. The molecular weight excluding hydrogens is 438 g/mol. The third kappa shape index (κ3) is 4.73. The van der Waals surface area contributed by atoms with Gasteiger partial charge >= 0.3 is 0 Å². The van der Waals surface area contributed by atoms with Gasteiger partial charge in [-0.1, -0.05) is 59.7 Å². The SMILES string of the molecule is Cc1ccc(-c2ccc(C(=O)NS(=O)(=O)c3nccnc3N)c(-c3ccc(C)cc3)n2)cc1. The highest BCUT2D eigenvalue weighted by Gasteiger charge is 2.25. The van der Waals surface area contributed by atoms with E-state index in [9.17, 15) is 13.2 Å². The summed E-state index contributed by atoms with van der Waals surface area (Å²) in [5.74, 6) is -1.15. The molecule has 4 aromatic rings. The zero-order chi connectivity index (χ0) is 23.6. The van der Waals surface area contributed by atoms with Crippen molar-refractivity contribution in [2.24, 2.45) is 0 Å². The lowest BCUT2D eigenvalue weighted by molar-refractivity contribution is 0.0981. The molecule has 33 heavy (non-hydrogen) atoms. The van der Waals surface area contributed by atoms with Gasteiger partial charge in [0, 0.05) is 23.5 Å². The highest BCUT2D eigenvalue weighted by molar-refractivity contribution is 7.90. The van der Waals surface area contributed by atoms with Crippen molar-refractivity contribution in [3.05, 3.63) is 89.7 Å². The van der Waals surface area contributed by atoms with Gasteiger partial charge in [-0.3, -0.25) is 4.79 Å². The molecule has 0 radical (unpaired) electrons. The summed E-state index contributed by atoms with van der Waals surface area (Å²) in [5.41, 5.74) is 10.5. The molecule has 0 fully saturated rings. The van der Waals surface area contributed by atoms with Gasteiger partial charge in [0.05, 0.1) is 17.0 Å². The summed E-state index contributed by atoms with van der Waals surface area (Å²) in [5, 5.41) is -0.514. The first-order valence-corrected chi connectivity index (χ1v) is 11.5. The second-order valence-electron chi connectivity index (χ2n) is 7.51. The first kappa shape index (κ1) is 22.1. The molecule has 8 nitrogen and oxygen atoms in total. The Morgan fingerprint density at radius 3 is 2.00 bits per heavy atom. The third-order valence-corrected chi connectivity index (χ3v) is 6.26. The Labute approximate surface area is 191 Å². The highest BCUT2D eigenvalue weighted by Crippen LogP contribution is 2.27.